The lowest BCUT2D eigenvalue weighted by atomic mass is 10.1. The van der Waals surface area contributed by atoms with Crippen molar-refractivity contribution in [3.63, 3.8) is 0 Å². The highest BCUT2D eigenvalue weighted by atomic mass is 16.5. The highest BCUT2D eigenvalue weighted by Gasteiger charge is 2.20. The van der Waals surface area contributed by atoms with E-state index in [1.165, 1.54) is 0 Å². The number of amides is 1. The van der Waals surface area contributed by atoms with Crippen molar-refractivity contribution < 1.29 is 18.8 Å². The SMILES string of the molecule is COc1cccc(C(=O)N(Cc2cc(-c3ccccc3OC)on2)CC(C)C)c1. The Balaban J connectivity index is 1.84. The average molecular weight is 394 g/mol. The summed E-state index contributed by atoms with van der Waals surface area (Å²) in [5.41, 5.74) is 2.09. The van der Waals surface area contributed by atoms with Crippen molar-refractivity contribution in [2.75, 3.05) is 20.8 Å². The van der Waals surface area contributed by atoms with Crippen LogP contribution in [-0.4, -0.2) is 36.7 Å². The molecule has 3 aromatic rings. The number of hydrogen-bond donors (Lipinski definition) is 0. The van der Waals surface area contributed by atoms with Gasteiger partial charge in [-0.2, -0.15) is 0 Å². The molecule has 0 N–H and O–H groups in total. The summed E-state index contributed by atoms with van der Waals surface area (Å²) in [6.07, 6.45) is 0. The quantitative estimate of drug-likeness (QED) is 0.556. The molecule has 0 saturated carbocycles. The van der Waals surface area contributed by atoms with Gasteiger partial charge in [0.25, 0.3) is 5.91 Å². The van der Waals surface area contributed by atoms with E-state index in [0.29, 0.717) is 47.5 Å². The van der Waals surface area contributed by atoms with Crippen molar-refractivity contribution in [2.45, 2.75) is 20.4 Å². The normalized spacial score (nSPS) is 10.8. The van der Waals surface area contributed by atoms with E-state index in [-0.39, 0.29) is 5.91 Å². The molecule has 0 spiro atoms. The van der Waals surface area contributed by atoms with E-state index < -0.39 is 0 Å². The second kappa shape index (κ2) is 9.28. The first-order valence-corrected chi connectivity index (χ1v) is 9.54. The van der Waals surface area contributed by atoms with Gasteiger partial charge in [0.15, 0.2) is 5.76 Å². The monoisotopic (exact) mass is 394 g/mol. The number of hydrogen-bond acceptors (Lipinski definition) is 5. The van der Waals surface area contributed by atoms with E-state index in [4.69, 9.17) is 14.0 Å². The Labute approximate surface area is 171 Å². The molecule has 29 heavy (non-hydrogen) atoms. The van der Waals surface area contributed by atoms with E-state index in [1.807, 2.05) is 42.5 Å². The zero-order valence-electron chi connectivity index (χ0n) is 17.2. The third-order valence-electron chi connectivity index (χ3n) is 4.47. The van der Waals surface area contributed by atoms with Gasteiger partial charge in [-0.05, 0) is 36.2 Å². The summed E-state index contributed by atoms with van der Waals surface area (Å²) in [5.74, 6) is 2.21. The Morgan fingerprint density at radius 2 is 1.86 bits per heavy atom. The molecule has 0 aliphatic carbocycles. The summed E-state index contributed by atoms with van der Waals surface area (Å²) in [5, 5.41) is 4.18. The van der Waals surface area contributed by atoms with Crippen LogP contribution in [0, 0.1) is 5.92 Å². The standard InChI is InChI=1S/C23H26N2O4/c1-16(2)14-25(23(26)17-8-7-9-19(12-17)27-3)15-18-13-22(29-24-18)20-10-5-6-11-21(20)28-4/h5-13,16H,14-15H2,1-4H3. The van der Waals surface area contributed by atoms with Gasteiger partial charge in [-0.1, -0.05) is 37.2 Å². The molecule has 3 rings (SSSR count). The highest BCUT2D eigenvalue weighted by molar-refractivity contribution is 5.94. The van der Waals surface area contributed by atoms with Gasteiger partial charge < -0.3 is 18.9 Å². The number of para-hydroxylation sites is 1. The average Bonchev–Trinajstić information content (AvgIpc) is 3.20. The predicted octanol–water partition coefficient (Wildman–Crippen LogP) is 4.66. The number of nitrogens with zero attached hydrogens (tertiary/aromatic N) is 2. The van der Waals surface area contributed by atoms with E-state index in [9.17, 15) is 4.79 Å². The van der Waals surface area contributed by atoms with Crippen LogP contribution in [0.25, 0.3) is 11.3 Å². The number of benzene rings is 2. The van der Waals surface area contributed by atoms with Gasteiger partial charge in [-0.3, -0.25) is 4.79 Å². The Morgan fingerprint density at radius 3 is 2.59 bits per heavy atom. The van der Waals surface area contributed by atoms with Crippen molar-refractivity contribution >= 4 is 5.91 Å². The first kappa shape index (κ1) is 20.5. The predicted molar refractivity (Wildman–Crippen MR) is 111 cm³/mol. The first-order valence-electron chi connectivity index (χ1n) is 9.54. The van der Waals surface area contributed by atoms with Crippen molar-refractivity contribution in [1.29, 1.82) is 0 Å². The number of carbonyl (C=O) groups is 1. The summed E-state index contributed by atoms with van der Waals surface area (Å²) < 4.78 is 16.2. The number of carbonyl (C=O) groups excluding carboxylic acids is 1. The minimum Gasteiger partial charge on any atom is -0.497 e. The molecule has 6 heteroatoms. The van der Waals surface area contributed by atoms with Gasteiger partial charge in [0.1, 0.15) is 17.2 Å². The zero-order chi connectivity index (χ0) is 20.8. The van der Waals surface area contributed by atoms with Gasteiger partial charge in [0.2, 0.25) is 0 Å². The molecule has 0 radical (unpaired) electrons. The Morgan fingerprint density at radius 1 is 1.07 bits per heavy atom. The van der Waals surface area contributed by atoms with E-state index in [0.717, 1.165) is 5.56 Å². The van der Waals surface area contributed by atoms with Crippen LogP contribution < -0.4 is 9.47 Å². The van der Waals surface area contributed by atoms with Gasteiger partial charge in [-0.15, -0.1) is 0 Å². The molecule has 152 valence electrons. The third-order valence-corrected chi connectivity index (χ3v) is 4.47. The smallest absolute Gasteiger partial charge is 0.254 e. The molecule has 1 amide bonds. The number of methoxy groups -OCH3 is 2. The lowest BCUT2D eigenvalue weighted by Gasteiger charge is -2.24. The van der Waals surface area contributed by atoms with Gasteiger partial charge in [0, 0.05) is 18.2 Å². The van der Waals surface area contributed by atoms with E-state index in [1.54, 1.807) is 31.3 Å². The van der Waals surface area contributed by atoms with Gasteiger partial charge >= 0.3 is 0 Å². The fraction of sp³-hybridized carbons (Fsp3) is 0.304. The van der Waals surface area contributed by atoms with Crippen molar-refractivity contribution in [2.24, 2.45) is 5.92 Å². The minimum absolute atomic E-state index is 0.0700. The van der Waals surface area contributed by atoms with Gasteiger partial charge in [-0.25, -0.2) is 0 Å². The van der Waals surface area contributed by atoms with Crippen LogP contribution in [0.3, 0.4) is 0 Å². The summed E-state index contributed by atoms with van der Waals surface area (Å²) in [4.78, 5) is 14.9. The molecule has 0 aliphatic rings. The van der Waals surface area contributed by atoms with Crippen LogP contribution >= 0.6 is 0 Å². The maximum atomic E-state index is 13.1. The minimum atomic E-state index is -0.0700. The molecule has 0 saturated heterocycles. The highest BCUT2D eigenvalue weighted by Crippen LogP contribution is 2.30. The summed E-state index contributed by atoms with van der Waals surface area (Å²) in [7, 11) is 3.21. The second-order valence-corrected chi connectivity index (χ2v) is 7.19. The van der Waals surface area contributed by atoms with Crippen molar-refractivity contribution in [3.05, 3.63) is 65.9 Å². The van der Waals surface area contributed by atoms with E-state index in [2.05, 4.69) is 19.0 Å². The topological polar surface area (TPSA) is 64.8 Å². The molecule has 2 aromatic carbocycles. The van der Waals surface area contributed by atoms with Gasteiger partial charge in [0.05, 0.1) is 26.3 Å². The molecule has 0 aliphatic heterocycles. The maximum absolute atomic E-state index is 13.1. The lowest BCUT2D eigenvalue weighted by molar-refractivity contribution is 0.0718. The van der Waals surface area contributed by atoms with Crippen molar-refractivity contribution in [3.8, 4) is 22.8 Å². The van der Waals surface area contributed by atoms with Crippen LogP contribution in [0.4, 0.5) is 0 Å². The third kappa shape index (κ3) is 4.96. The Kier molecular flexibility index (Phi) is 6.54. The van der Waals surface area contributed by atoms with Crippen molar-refractivity contribution in [1.82, 2.24) is 10.1 Å². The molecular formula is C23H26N2O4. The largest absolute Gasteiger partial charge is 0.497 e. The Bertz CT molecular complexity index is 965. The van der Waals surface area contributed by atoms with Crippen LogP contribution in [0.1, 0.15) is 29.9 Å². The van der Waals surface area contributed by atoms with Crippen LogP contribution in [0.15, 0.2) is 59.1 Å². The van der Waals surface area contributed by atoms with Crippen LogP contribution in [-0.2, 0) is 6.54 Å². The van der Waals surface area contributed by atoms with Crippen LogP contribution in [0.5, 0.6) is 11.5 Å². The van der Waals surface area contributed by atoms with Crippen LogP contribution in [0.2, 0.25) is 0 Å². The molecular weight excluding hydrogens is 368 g/mol. The molecule has 0 fully saturated rings. The fourth-order valence-corrected chi connectivity index (χ4v) is 3.16. The fourth-order valence-electron chi connectivity index (χ4n) is 3.16. The number of aromatic nitrogens is 1. The maximum Gasteiger partial charge on any atom is 0.254 e. The lowest BCUT2D eigenvalue weighted by Crippen LogP contribution is -2.33. The Hall–Kier alpha value is -3.28. The first-order chi connectivity index (χ1) is 14.0. The molecule has 0 bridgehead atoms. The molecule has 6 nitrogen and oxygen atoms in total. The molecule has 1 aromatic heterocycles. The summed E-state index contributed by atoms with van der Waals surface area (Å²) >= 11 is 0. The summed E-state index contributed by atoms with van der Waals surface area (Å²) in [6, 6.07) is 16.6. The summed E-state index contributed by atoms with van der Waals surface area (Å²) in [6.45, 7) is 5.11. The van der Waals surface area contributed by atoms with E-state index >= 15 is 0 Å². The molecule has 1 heterocycles. The second-order valence-electron chi connectivity index (χ2n) is 7.19. The number of rotatable bonds is 8. The molecule has 0 atom stereocenters. The number of ether oxygens (including phenoxy) is 2. The molecule has 0 unspecified atom stereocenters. The zero-order valence-corrected chi connectivity index (χ0v) is 17.2.